The van der Waals surface area contributed by atoms with Gasteiger partial charge >= 0.3 is 6.18 Å². The number of amides is 2. The number of alkyl halides is 3. The number of rotatable bonds is 3. The monoisotopic (exact) mass is 447 g/mol. The second-order valence-electron chi connectivity index (χ2n) is 6.51. The molecule has 2 amide bonds. The molecule has 2 aromatic carbocycles. The van der Waals surface area contributed by atoms with Gasteiger partial charge < -0.3 is 5.32 Å². The van der Waals surface area contributed by atoms with Gasteiger partial charge in [-0.15, -0.1) is 0 Å². The summed E-state index contributed by atoms with van der Waals surface area (Å²) in [7, 11) is 0. The number of nitrogens with one attached hydrogen (secondary N) is 1. The van der Waals surface area contributed by atoms with Crippen LogP contribution in [-0.4, -0.2) is 27.4 Å². The quantitative estimate of drug-likeness (QED) is 0.658. The van der Waals surface area contributed by atoms with Gasteiger partial charge in [-0.05, 0) is 36.4 Å². The van der Waals surface area contributed by atoms with Crippen LogP contribution in [0.2, 0.25) is 5.02 Å². The number of para-hydroxylation sites is 1. The molecule has 0 saturated heterocycles. The average Bonchev–Trinajstić information content (AvgIpc) is 3.33. The van der Waals surface area contributed by atoms with Gasteiger partial charge in [-0.3, -0.25) is 9.59 Å². The zero-order valence-electron chi connectivity index (χ0n) is 15.6. The zero-order valence-corrected chi connectivity index (χ0v) is 16.4. The van der Waals surface area contributed by atoms with Crippen molar-refractivity contribution in [2.75, 3.05) is 5.01 Å². The fraction of sp³-hybridized carbons (Fsp3) is 0.100. The Kier molecular flexibility index (Phi) is 5.24. The highest BCUT2D eigenvalue weighted by Gasteiger charge is 2.41. The number of hydrogen-bond acceptors (Lipinski definition) is 4. The third kappa shape index (κ3) is 4.15. The number of benzene rings is 2. The first kappa shape index (κ1) is 20.6. The van der Waals surface area contributed by atoms with Crippen LogP contribution in [0, 0.1) is 0 Å². The Morgan fingerprint density at radius 3 is 2.35 bits per heavy atom. The SMILES string of the molecule is O=C(NC1=NN(c2ccccc2)C(=O)C1)c1cnn(-c2ccc(Cl)cc2)c1C(F)(F)F. The Balaban J connectivity index is 1.63. The van der Waals surface area contributed by atoms with Gasteiger partial charge in [-0.1, -0.05) is 29.8 Å². The second kappa shape index (κ2) is 7.88. The van der Waals surface area contributed by atoms with E-state index in [0.717, 1.165) is 11.2 Å². The summed E-state index contributed by atoms with van der Waals surface area (Å²) in [6.07, 6.45) is -4.31. The summed E-state index contributed by atoms with van der Waals surface area (Å²) >= 11 is 5.79. The lowest BCUT2D eigenvalue weighted by atomic mass is 10.2. The smallest absolute Gasteiger partial charge is 0.308 e. The predicted molar refractivity (Wildman–Crippen MR) is 107 cm³/mol. The topological polar surface area (TPSA) is 79.6 Å². The molecular weight excluding hydrogens is 435 g/mol. The first-order chi connectivity index (χ1) is 14.7. The van der Waals surface area contributed by atoms with Crippen molar-refractivity contribution < 1.29 is 22.8 Å². The number of anilines is 1. The van der Waals surface area contributed by atoms with Crippen molar-refractivity contribution in [3.63, 3.8) is 0 Å². The van der Waals surface area contributed by atoms with Crippen molar-refractivity contribution in [2.24, 2.45) is 5.10 Å². The Morgan fingerprint density at radius 1 is 1.03 bits per heavy atom. The fourth-order valence-electron chi connectivity index (χ4n) is 3.03. The lowest BCUT2D eigenvalue weighted by molar-refractivity contribution is -0.143. The van der Waals surface area contributed by atoms with Gasteiger partial charge in [0.05, 0.1) is 29.6 Å². The number of hydrogen-bond donors (Lipinski definition) is 1. The molecule has 31 heavy (non-hydrogen) atoms. The first-order valence-corrected chi connectivity index (χ1v) is 9.30. The maximum Gasteiger partial charge on any atom is 0.434 e. The van der Waals surface area contributed by atoms with E-state index >= 15 is 0 Å². The highest BCUT2D eigenvalue weighted by Crippen LogP contribution is 2.34. The maximum absolute atomic E-state index is 13.8. The molecule has 158 valence electrons. The minimum atomic E-state index is -4.87. The van der Waals surface area contributed by atoms with Crippen molar-refractivity contribution in [1.82, 2.24) is 15.1 Å². The number of aromatic nitrogens is 2. The highest BCUT2D eigenvalue weighted by atomic mass is 35.5. The largest absolute Gasteiger partial charge is 0.434 e. The normalized spacial score (nSPS) is 14.0. The van der Waals surface area contributed by atoms with Crippen molar-refractivity contribution in [2.45, 2.75) is 12.6 Å². The van der Waals surface area contributed by atoms with E-state index in [2.05, 4.69) is 15.5 Å². The van der Waals surface area contributed by atoms with Crippen molar-refractivity contribution in [1.29, 1.82) is 0 Å². The van der Waals surface area contributed by atoms with Crippen LogP contribution >= 0.6 is 11.6 Å². The van der Waals surface area contributed by atoms with Gasteiger partial charge in [0.15, 0.2) is 5.69 Å². The number of carbonyl (C=O) groups is 2. The number of amidine groups is 1. The molecule has 3 aromatic rings. The van der Waals surface area contributed by atoms with Gasteiger partial charge in [0.1, 0.15) is 5.84 Å². The molecule has 1 N–H and O–H groups in total. The van der Waals surface area contributed by atoms with E-state index in [9.17, 15) is 22.8 Å². The Morgan fingerprint density at radius 2 is 1.71 bits per heavy atom. The van der Waals surface area contributed by atoms with Crippen LogP contribution in [0.25, 0.3) is 5.69 Å². The molecule has 11 heteroatoms. The average molecular weight is 448 g/mol. The molecule has 1 aliphatic rings. The lowest BCUT2D eigenvalue weighted by Gasteiger charge is -2.13. The molecule has 4 rings (SSSR count). The van der Waals surface area contributed by atoms with Gasteiger partial charge in [0, 0.05) is 5.02 Å². The number of hydrazone groups is 1. The number of carbonyl (C=O) groups excluding carboxylic acids is 2. The summed E-state index contributed by atoms with van der Waals surface area (Å²) in [5.41, 5.74) is -1.39. The summed E-state index contributed by atoms with van der Waals surface area (Å²) in [5, 5.41) is 11.5. The molecule has 0 aliphatic carbocycles. The number of halogens is 4. The van der Waals surface area contributed by atoms with E-state index in [1.807, 2.05) is 0 Å². The third-order valence-corrected chi connectivity index (χ3v) is 4.64. The molecule has 0 radical (unpaired) electrons. The lowest BCUT2D eigenvalue weighted by Crippen LogP contribution is -2.31. The molecule has 0 bridgehead atoms. The van der Waals surface area contributed by atoms with Crippen LogP contribution in [0.4, 0.5) is 18.9 Å². The minimum Gasteiger partial charge on any atom is -0.308 e. The van der Waals surface area contributed by atoms with E-state index in [1.54, 1.807) is 30.3 Å². The maximum atomic E-state index is 13.8. The fourth-order valence-corrected chi connectivity index (χ4v) is 3.16. The van der Waals surface area contributed by atoms with E-state index < -0.39 is 29.2 Å². The Hall–Kier alpha value is -3.66. The van der Waals surface area contributed by atoms with Crippen LogP contribution in [-0.2, 0) is 11.0 Å². The third-order valence-electron chi connectivity index (χ3n) is 4.39. The molecule has 0 spiro atoms. The molecule has 7 nitrogen and oxygen atoms in total. The highest BCUT2D eigenvalue weighted by molar-refractivity contribution is 6.30. The molecule has 0 saturated carbocycles. The van der Waals surface area contributed by atoms with Gasteiger partial charge in [0.25, 0.3) is 11.8 Å². The summed E-state index contributed by atoms with van der Waals surface area (Å²) in [6, 6.07) is 14.0. The Bertz CT molecular complexity index is 1170. The van der Waals surface area contributed by atoms with Crippen molar-refractivity contribution in [3.05, 3.63) is 77.1 Å². The standard InChI is InChI=1S/C20H13ClF3N5O2/c21-12-6-8-14(9-7-12)29-18(20(22,23)24)15(11-25-29)19(31)26-16-10-17(30)28(27-16)13-4-2-1-3-5-13/h1-9,11H,10H2,(H,26,27,31). The molecular formula is C20H13ClF3N5O2. The molecule has 2 heterocycles. The molecule has 0 atom stereocenters. The van der Waals surface area contributed by atoms with Crippen LogP contribution in [0.1, 0.15) is 22.5 Å². The molecule has 0 unspecified atom stereocenters. The minimum absolute atomic E-state index is 0.0637. The summed E-state index contributed by atoms with van der Waals surface area (Å²) in [5.74, 6) is -1.56. The zero-order chi connectivity index (χ0) is 22.2. The van der Waals surface area contributed by atoms with E-state index in [-0.39, 0.29) is 17.9 Å². The molecule has 0 fully saturated rings. The van der Waals surface area contributed by atoms with E-state index in [1.165, 1.54) is 24.3 Å². The summed E-state index contributed by atoms with van der Waals surface area (Å²) in [4.78, 5) is 24.8. The van der Waals surface area contributed by atoms with Crippen LogP contribution in [0.5, 0.6) is 0 Å². The van der Waals surface area contributed by atoms with E-state index in [0.29, 0.717) is 15.4 Å². The van der Waals surface area contributed by atoms with Crippen molar-refractivity contribution in [3.8, 4) is 5.69 Å². The van der Waals surface area contributed by atoms with Gasteiger partial charge in [-0.2, -0.15) is 28.4 Å². The van der Waals surface area contributed by atoms with Crippen molar-refractivity contribution >= 4 is 34.9 Å². The van der Waals surface area contributed by atoms with E-state index in [4.69, 9.17) is 11.6 Å². The molecule has 1 aromatic heterocycles. The van der Waals surface area contributed by atoms with Gasteiger partial charge in [0.2, 0.25) is 0 Å². The summed E-state index contributed by atoms with van der Waals surface area (Å²) < 4.78 is 41.9. The van der Waals surface area contributed by atoms with Crippen LogP contribution in [0.15, 0.2) is 65.9 Å². The van der Waals surface area contributed by atoms with Crippen LogP contribution < -0.4 is 10.3 Å². The molecule has 1 aliphatic heterocycles. The second-order valence-corrected chi connectivity index (χ2v) is 6.95. The number of nitrogens with zero attached hydrogens (tertiary/aromatic N) is 4. The first-order valence-electron chi connectivity index (χ1n) is 8.92. The van der Waals surface area contributed by atoms with Crippen LogP contribution in [0.3, 0.4) is 0 Å². The predicted octanol–water partition coefficient (Wildman–Crippen LogP) is 4.02. The summed E-state index contributed by atoms with van der Waals surface area (Å²) in [6.45, 7) is 0. The Labute approximate surface area is 178 Å². The van der Waals surface area contributed by atoms with Gasteiger partial charge in [-0.25, -0.2) is 4.68 Å².